The van der Waals surface area contributed by atoms with Gasteiger partial charge in [-0.25, -0.2) is 0 Å². The standard InChI is InChI=1S/C9H15N3O2/c1-13-4-5-14-7-9-6-8(12-10)2-3-11-9/h2-3,6H,4-5,7,10H2,1H3,(H,11,12). The minimum Gasteiger partial charge on any atom is -0.382 e. The van der Waals surface area contributed by atoms with Crippen molar-refractivity contribution in [1.82, 2.24) is 4.98 Å². The quantitative estimate of drug-likeness (QED) is 0.395. The number of nitrogen functional groups attached to an aromatic ring is 1. The number of rotatable bonds is 6. The summed E-state index contributed by atoms with van der Waals surface area (Å²) < 4.78 is 10.2. The Kier molecular flexibility index (Phi) is 4.92. The Bertz CT molecular complexity index is 268. The molecule has 5 heteroatoms. The summed E-state index contributed by atoms with van der Waals surface area (Å²) in [6, 6.07) is 3.63. The lowest BCUT2D eigenvalue weighted by Gasteiger charge is -2.04. The summed E-state index contributed by atoms with van der Waals surface area (Å²) in [6.07, 6.45) is 1.68. The molecule has 3 N–H and O–H groups in total. The third kappa shape index (κ3) is 3.69. The maximum atomic E-state index is 5.30. The molecule has 0 aromatic carbocycles. The van der Waals surface area contributed by atoms with Crippen LogP contribution in [0.3, 0.4) is 0 Å². The number of anilines is 1. The van der Waals surface area contributed by atoms with Crippen molar-refractivity contribution in [3.8, 4) is 0 Å². The van der Waals surface area contributed by atoms with Gasteiger partial charge in [-0.1, -0.05) is 0 Å². The van der Waals surface area contributed by atoms with Crippen LogP contribution in [0.15, 0.2) is 18.3 Å². The van der Waals surface area contributed by atoms with Gasteiger partial charge in [0.2, 0.25) is 0 Å². The number of aromatic nitrogens is 1. The second-order valence-corrected chi connectivity index (χ2v) is 2.73. The molecular weight excluding hydrogens is 182 g/mol. The van der Waals surface area contributed by atoms with Crippen LogP contribution in [-0.2, 0) is 16.1 Å². The van der Waals surface area contributed by atoms with Gasteiger partial charge in [-0.3, -0.25) is 10.8 Å². The lowest BCUT2D eigenvalue weighted by Crippen LogP contribution is -2.08. The van der Waals surface area contributed by atoms with Gasteiger partial charge in [0.25, 0.3) is 0 Å². The summed E-state index contributed by atoms with van der Waals surface area (Å²) in [7, 11) is 1.64. The number of hydrogen-bond donors (Lipinski definition) is 2. The molecule has 0 unspecified atom stereocenters. The molecule has 1 aromatic rings. The summed E-state index contributed by atoms with van der Waals surface area (Å²) in [6.45, 7) is 1.63. The zero-order valence-electron chi connectivity index (χ0n) is 8.19. The van der Waals surface area contributed by atoms with Gasteiger partial charge in [0.15, 0.2) is 0 Å². The van der Waals surface area contributed by atoms with Gasteiger partial charge >= 0.3 is 0 Å². The Morgan fingerprint density at radius 2 is 2.36 bits per heavy atom. The maximum absolute atomic E-state index is 5.30. The van der Waals surface area contributed by atoms with E-state index in [1.165, 1.54) is 0 Å². The zero-order valence-corrected chi connectivity index (χ0v) is 8.19. The van der Waals surface area contributed by atoms with E-state index in [9.17, 15) is 0 Å². The van der Waals surface area contributed by atoms with Gasteiger partial charge in [-0.2, -0.15) is 0 Å². The van der Waals surface area contributed by atoms with Crippen LogP contribution in [-0.4, -0.2) is 25.3 Å². The third-order valence-electron chi connectivity index (χ3n) is 1.66. The van der Waals surface area contributed by atoms with Crippen LogP contribution in [0.4, 0.5) is 5.69 Å². The van der Waals surface area contributed by atoms with E-state index in [0.717, 1.165) is 11.4 Å². The van der Waals surface area contributed by atoms with Gasteiger partial charge in [-0.15, -0.1) is 0 Å². The fourth-order valence-corrected chi connectivity index (χ4v) is 0.966. The van der Waals surface area contributed by atoms with Crippen molar-refractivity contribution in [3.05, 3.63) is 24.0 Å². The summed E-state index contributed by atoms with van der Waals surface area (Å²) >= 11 is 0. The molecule has 1 rings (SSSR count). The Hall–Kier alpha value is -1.17. The van der Waals surface area contributed by atoms with Gasteiger partial charge in [-0.05, 0) is 12.1 Å². The zero-order chi connectivity index (χ0) is 10.2. The molecule has 0 aliphatic rings. The Morgan fingerprint density at radius 3 is 3.07 bits per heavy atom. The first-order chi connectivity index (χ1) is 6.86. The molecule has 14 heavy (non-hydrogen) atoms. The number of nitrogens with zero attached hydrogens (tertiary/aromatic N) is 1. The van der Waals surface area contributed by atoms with Crippen LogP contribution >= 0.6 is 0 Å². The van der Waals surface area contributed by atoms with Gasteiger partial charge in [0, 0.05) is 13.3 Å². The fourth-order valence-electron chi connectivity index (χ4n) is 0.966. The molecule has 1 heterocycles. The average Bonchev–Trinajstić information content (AvgIpc) is 2.25. The first kappa shape index (κ1) is 10.9. The molecule has 0 aliphatic carbocycles. The van der Waals surface area contributed by atoms with Crippen molar-refractivity contribution in [3.63, 3.8) is 0 Å². The molecule has 0 amide bonds. The van der Waals surface area contributed by atoms with E-state index in [1.54, 1.807) is 19.4 Å². The minimum absolute atomic E-state index is 0.471. The van der Waals surface area contributed by atoms with Crippen LogP contribution in [0.2, 0.25) is 0 Å². The highest BCUT2D eigenvalue weighted by atomic mass is 16.5. The predicted molar refractivity (Wildman–Crippen MR) is 53.6 cm³/mol. The fraction of sp³-hybridized carbons (Fsp3) is 0.444. The SMILES string of the molecule is COCCOCc1cc(NN)ccn1. The molecule has 0 saturated carbocycles. The molecule has 0 radical (unpaired) electrons. The smallest absolute Gasteiger partial charge is 0.0889 e. The monoisotopic (exact) mass is 197 g/mol. The molecule has 0 spiro atoms. The molecule has 0 bridgehead atoms. The molecular formula is C9H15N3O2. The second-order valence-electron chi connectivity index (χ2n) is 2.73. The molecule has 5 nitrogen and oxygen atoms in total. The summed E-state index contributed by atoms with van der Waals surface area (Å²) in [5.74, 6) is 5.26. The third-order valence-corrected chi connectivity index (χ3v) is 1.66. The van der Waals surface area contributed by atoms with Crippen molar-refractivity contribution < 1.29 is 9.47 Å². The number of hydrazine groups is 1. The van der Waals surface area contributed by atoms with Gasteiger partial charge in [0.05, 0.1) is 31.2 Å². The second kappa shape index (κ2) is 6.31. The summed E-state index contributed by atoms with van der Waals surface area (Å²) in [5, 5.41) is 0. The van der Waals surface area contributed by atoms with Crippen molar-refractivity contribution in [2.75, 3.05) is 25.7 Å². The molecule has 0 saturated heterocycles. The number of pyridine rings is 1. The van der Waals surface area contributed by atoms with E-state index in [-0.39, 0.29) is 0 Å². The van der Waals surface area contributed by atoms with Crippen molar-refractivity contribution in [2.24, 2.45) is 5.84 Å². The minimum atomic E-state index is 0.471. The van der Waals surface area contributed by atoms with Crippen LogP contribution in [0.25, 0.3) is 0 Å². The largest absolute Gasteiger partial charge is 0.382 e. The molecule has 0 aliphatic heterocycles. The normalized spacial score (nSPS) is 10.1. The predicted octanol–water partition coefficient (Wildman–Crippen LogP) is 0.530. The van der Waals surface area contributed by atoms with E-state index in [1.807, 2.05) is 6.07 Å². The van der Waals surface area contributed by atoms with E-state index >= 15 is 0 Å². The summed E-state index contributed by atoms with van der Waals surface area (Å²) in [5.41, 5.74) is 4.22. The van der Waals surface area contributed by atoms with Crippen LogP contribution in [0.1, 0.15) is 5.69 Å². The topological polar surface area (TPSA) is 69.4 Å². The molecule has 0 atom stereocenters. The highest BCUT2D eigenvalue weighted by Crippen LogP contribution is 2.06. The van der Waals surface area contributed by atoms with E-state index in [4.69, 9.17) is 15.3 Å². The number of methoxy groups -OCH3 is 1. The molecule has 78 valence electrons. The van der Waals surface area contributed by atoms with Gasteiger partial charge in [0.1, 0.15) is 0 Å². The number of ether oxygens (including phenoxy) is 2. The number of nitrogens with two attached hydrogens (primary N) is 1. The van der Waals surface area contributed by atoms with Crippen LogP contribution in [0.5, 0.6) is 0 Å². The Balaban J connectivity index is 2.34. The first-order valence-corrected chi connectivity index (χ1v) is 4.35. The highest BCUT2D eigenvalue weighted by molar-refractivity contribution is 5.41. The van der Waals surface area contributed by atoms with Crippen molar-refractivity contribution in [1.29, 1.82) is 0 Å². The van der Waals surface area contributed by atoms with Crippen LogP contribution < -0.4 is 11.3 Å². The van der Waals surface area contributed by atoms with E-state index in [0.29, 0.717) is 19.8 Å². The van der Waals surface area contributed by atoms with Crippen molar-refractivity contribution >= 4 is 5.69 Å². The first-order valence-electron chi connectivity index (χ1n) is 4.35. The van der Waals surface area contributed by atoms with Crippen molar-refractivity contribution in [2.45, 2.75) is 6.61 Å². The van der Waals surface area contributed by atoms with E-state index in [2.05, 4.69) is 10.4 Å². The van der Waals surface area contributed by atoms with E-state index < -0.39 is 0 Å². The Morgan fingerprint density at radius 1 is 1.50 bits per heavy atom. The lowest BCUT2D eigenvalue weighted by molar-refractivity contribution is 0.0602. The lowest BCUT2D eigenvalue weighted by atomic mass is 10.3. The van der Waals surface area contributed by atoms with Gasteiger partial charge < -0.3 is 14.9 Å². The van der Waals surface area contributed by atoms with Crippen LogP contribution in [0, 0.1) is 0 Å². The Labute approximate surface area is 83.2 Å². The summed E-state index contributed by atoms with van der Waals surface area (Å²) in [4.78, 5) is 4.12. The molecule has 1 aromatic heterocycles. The maximum Gasteiger partial charge on any atom is 0.0889 e. The molecule has 0 fully saturated rings. The average molecular weight is 197 g/mol. The highest BCUT2D eigenvalue weighted by Gasteiger charge is 1.96. The number of nitrogens with one attached hydrogen (secondary N) is 1. The number of hydrogen-bond acceptors (Lipinski definition) is 5.